The fourth-order valence-electron chi connectivity index (χ4n) is 3.23. The van der Waals surface area contributed by atoms with E-state index < -0.39 is 22.5 Å². The van der Waals surface area contributed by atoms with Gasteiger partial charge in [0, 0.05) is 0 Å². The lowest BCUT2D eigenvalue weighted by atomic mass is 10.2. The number of nitrogens with zero attached hydrogens (tertiary/aromatic N) is 2. The quantitative estimate of drug-likeness (QED) is 0.403. The molecule has 0 atom stereocenters. The minimum atomic E-state index is -4.06. The number of hydrogen-bond donors (Lipinski definition) is 1. The van der Waals surface area contributed by atoms with Crippen LogP contribution >= 0.6 is 0 Å². The van der Waals surface area contributed by atoms with Gasteiger partial charge in [0.15, 0.2) is 0 Å². The number of rotatable bonds is 8. The summed E-state index contributed by atoms with van der Waals surface area (Å²) in [5.74, 6) is -0.245. The number of amides is 1. The van der Waals surface area contributed by atoms with Crippen molar-refractivity contribution in [2.45, 2.75) is 25.7 Å². The average Bonchev–Trinajstić information content (AvgIpc) is 2.78. The van der Waals surface area contributed by atoms with Crippen LogP contribution in [0.25, 0.3) is 0 Å². The lowest BCUT2D eigenvalue weighted by molar-refractivity contribution is -0.119. The molecule has 0 heterocycles. The molecule has 0 aliphatic heterocycles. The van der Waals surface area contributed by atoms with Gasteiger partial charge in [-0.2, -0.15) is 5.10 Å². The lowest BCUT2D eigenvalue weighted by Gasteiger charge is -2.25. The second-order valence-corrected chi connectivity index (χ2v) is 9.57. The molecule has 3 aromatic rings. The first-order valence-electron chi connectivity index (χ1n) is 10.3. The molecule has 0 aliphatic carbocycles. The van der Waals surface area contributed by atoms with E-state index in [9.17, 15) is 13.2 Å². The number of carbonyl (C=O) groups is 1. The number of methoxy groups -OCH3 is 1. The number of benzene rings is 3. The van der Waals surface area contributed by atoms with Crippen molar-refractivity contribution >= 4 is 27.8 Å². The summed E-state index contributed by atoms with van der Waals surface area (Å²) in [6.07, 6.45) is 1.51. The van der Waals surface area contributed by atoms with Gasteiger partial charge in [-0.15, -0.1) is 0 Å². The van der Waals surface area contributed by atoms with Crippen molar-refractivity contribution in [3.05, 3.63) is 89.0 Å². The number of sulfonamides is 1. The second-order valence-electron chi connectivity index (χ2n) is 7.71. The Labute approximate surface area is 194 Å². The van der Waals surface area contributed by atoms with Crippen LogP contribution in [0.4, 0.5) is 5.69 Å². The third kappa shape index (κ3) is 5.98. The number of carbonyl (C=O) groups excluding carboxylic acids is 1. The van der Waals surface area contributed by atoms with Crippen LogP contribution in [-0.2, 0) is 14.8 Å². The fraction of sp³-hybridized carbons (Fsp3) is 0.200. The predicted octanol–water partition coefficient (Wildman–Crippen LogP) is 3.97. The molecule has 0 unspecified atom stereocenters. The van der Waals surface area contributed by atoms with Crippen LogP contribution in [0.15, 0.2) is 76.7 Å². The van der Waals surface area contributed by atoms with E-state index in [0.29, 0.717) is 5.75 Å². The Morgan fingerprint density at radius 1 is 0.970 bits per heavy atom. The van der Waals surface area contributed by atoms with Crippen LogP contribution in [0, 0.1) is 20.8 Å². The van der Waals surface area contributed by atoms with E-state index in [-0.39, 0.29) is 10.6 Å². The standard InChI is InChI=1S/C25H27N3O4S/c1-18-8-11-22(12-9-18)33(30,31)28(23-15-20(3)10-13-24(23)32-4)17-25(29)27-26-16-21-7-5-6-19(2)14-21/h5-16H,17H2,1-4H3,(H,27,29)/b26-16-. The van der Waals surface area contributed by atoms with Gasteiger partial charge in [0.05, 0.1) is 23.9 Å². The molecule has 1 amide bonds. The van der Waals surface area contributed by atoms with Crippen molar-refractivity contribution in [3.63, 3.8) is 0 Å². The van der Waals surface area contributed by atoms with Gasteiger partial charge in [0.2, 0.25) is 0 Å². The number of nitrogens with one attached hydrogen (secondary N) is 1. The van der Waals surface area contributed by atoms with Crippen molar-refractivity contribution in [2.24, 2.45) is 5.10 Å². The maximum absolute atomic E-state index is 13.5. The van der Waals surface area contributed by atoms with E-state index in [1.54, 1.807) is 24.3 Å². The van der Waals surface area contributed by atoms with E-state index >= 15 is 0 Å². The summed E-state index contributed by atoms with van der Waals surface area (Å²) < 4.78 is 33.5. The van der Waals surface area contributed by atoms with Gasteiger partial charge in [0.1, 0.15) is 12.3 Å². The Morgan fingerprint density at radius 3 is 2.30 bits per heavy atom. The van der Waals surface area contributed by atoms with Gasteiger partial charge in [0.25, 0.3) is 15.9 Å². The highest BCUT2D eigenvalue weighted by Gasteiger charge is 2.29. The smallest absolute Gasteiger partial charge is 0.264 e. The highest BCUT2D eigenvalue weighted by atomic mass is 32.2. The summed E-state index contributed by atoms with van der Waals surface area (Å²) in [6.45, 7) is 5.20. The van der Waals surface area contributed by atoms with Crippen LogP contribution in [-0.4, -0.2) is 34.2 Å². The molecule has 1 N–H and O–H groups in total. The zero-order valence-electron chi connectivity index (χ0n) is 19.1. The van der Waals surface area contributed by atoms with E-state index in [0.717, 1.165) is 26.6 Å². The molecule has 3 aromatic carbocycles. The maximum Gasteiger partial charge on any atom is 0.264 e. The highest BCUT2D eigenvalue weighted by molar-refractivity contribution is 7.92. The monoisotopic (exact) mass is 465 g/mol. The Morgan fingerprint density at radius 2 is 1.64 bits per heavy atom. The van der Waals surface area contributed by atoms with Crippen LogP contribution in [0.2, 0.25) is 0 Å². The molecule has 0 radical (unpaired) electrons. The molecule has 7 nitrogen and oxygen atoms in total. The van der Waals surface area contributed by atoms with Gasteiger partial charge in [-0.25, -0.2) is 13.8 Å². The van der Waals surface area contributed by atoms with Crippen molar-refractivity contribution < 1.29 is 17.9 Å². The molecule has 8 heteroatoms. The molecule has 3 rings (SSSR count). The molecule has 0 bridgehead atoms. The summed E-state index contributed by atoms with van der Waals surface area (Å²) in [4.78, 5) is 12.8. The third-order valence-electron chi connectivity index (χ3n) is 4.94. The summed E-state index contributed by atoms with van der Waals surface area (Å²) in [5.41, 5.74) is 6.33. The van der Waals surface area contributed by atoms with Crippen LogP contribution < -0.4 is 14.5 Å². The number of anilines is 1. The lowest BCUT2D eigenvalue weighted by Crippen LogP contribution is -2.39. The number of aryl methyl sites for hydroxylation is 3. The zero-order chi connectivity index (χ0) is 24.0. The third-order valence-corrected chi connectivity index (χ3v) is 6.72. The molecule has 33 heavy (non-hydrogen) atoms. The Kier molecular flexibility index (Phi) is 7.50. The molecular weight excluding hydrogens is 438 g/mol. The van der Waals surface area contributed by atoms with Crippen molar-refractivity contribution in [1.82, 2.24) is 5.43 Å². The summed E-state index contributed by atoms with van der Waals surface area (Å²) in [5, 5.41) is 3.98. The summed E-state index contributed by atoms with van der Waals surface area (Å²) in [6, 6.07) is 19.2. The van der Waals surface area contributed by atoms with Crippen LogP contribution in [0.5, 0.6) is 5.75 Å². The van der Waals surface area contributed by atoms with E-state index in [2.05, 4.69) is 10.5 Å². The second kappa shape index (κ2) is 10.3. The van der Waals surface area contributed by atoms with Gasteiger partial charge in [-0.3, -0.25) is 9.10 Å². The molecule has 0 saturated carbocycles. The molecule has 0 saturated heterocycles. The highest BCUT2D eigenvalue weighted by Crippen LogP contribution is 2.33. The molecule has 0 aromatic heterocycles. The van der Waals surface area contributed by atoms with Crippen LogP contribution in [0.3, 0.4) is 0 Å². The van der Waals surface area contributed by atoms with E-state index in [4.69, 9.17) is 4.74 Å². The number of hydrazone groups is 1. The first-order valence-corrected chi connectivity index (χ1v) is 11.8. The Balaban J connectivity index is 1.93. The Hall–Kier alpha value is -3.65. The first-order chi connectivity index (χ1) is 15.7. The van der Waals surface area contributed by atoms with E-state index in [1.165, 1.54) is 25.5 Å². The topological polar surface area (TPSA) is 88.1 Å². The molecule has 172 valence electrons. The largest absolute Gasteiger partial charge is 0.495 e. The van der Waals surface area contributed by atoms with Gasteiger partial charge in [-0.1, -0.05) is 53.6 Å². The summed E-state index contributed by atoms with van der Waals surface area (Å²) in [7, 11) is -2.60. The first kappa shape index (κ1) is 24.0. The Bertz CT molecular complexity index is 1270. The molecule has 0 spiro atoms. The van der Waals surface area contributed by atoms with E-state index in [1.807, 2.05) is 51.1 Å². The van der Waals surface area contributed by atoms with Crippen LogP contribution in [0.1, 0.15) is 22.3 Å². The van der Waals surface area contributed by atoms with Crippen molar-refractivity contribution in [3.8, 4) is 5.75 Å². The minimum absolute atomic E-state index is 0.0766. The maximum atomic E-state index is 13.5. The zero-order valence-corrected chi connectivity index (χ0v) is 19.9. The number of ether oxygens (including phenoxy) is 1. The molecule has 0 fully saturated rings. The predicted molar refractivity (Wildman–Crippen MR) is 130 cm³/mol. The molecule has 0 aliphatic rings. The van der Waals surface area contributed by atoms with Gasteiger partial charge < -0.3 is 4.74 Å². The molecular formula is C25H27N3O4S. The normalized spacial score (nSPS) is 11.4. The number of hydrogen-bond acceptors (Lipinski definition) is 5. The summed E-state index contributed by atoms with van der Waals surface area (Å²) >= 11 is 0. The minimum Gasteiger partial charge on any atom is -0.495 e. The SMILES string of the molecule is COc1ccc(C)cc1N(CC(=O)N/N=C\c1cccc(C)c1)S(=O)(=O)c1ccc(C)cc1. The average molecular weight is 466 g/mol. The van der Waals surface area contributed by atoms with Gasteiger partial charge in [-0.05, 0) is 56.2 Å². The van der Waals surface area contributed by atoms with Crippen molar-refractivity contribution in [1.29, 1.82) is 0 Å². The fourth-order valence-corrected chi connectivity index (χ4v) is 4.65. The van der Waals surface area contributed by atoms with Crippen molar-refractivity contribution in [2.75, 3.05) is 18.0 Å². The van der Waals surface area contributed by atoms with Gasteiger partial charge >= 0.3 is 0 Å².